The highest BCUT2D eigenvalue weighted by Crippen LogP contribution is 2.28. The first-order valence-corrected chi connectivity index (χ1v) is 6.19. The first kappa shape index (κ1) is 12.4. The van der Waals surface area contributed by atoms with Gasteiger partial charge in [0.05, 0.1) is 6.04 Å². The van der Waals surface area contributed by atoms with E-state index in [1.165, 1.54) is 30.5 Å². The second kappa shape index (κ2) is 5.39. The van der Waals surface area contributed by atoms with Gasteiger partial charge in [0.1, 0.15) is 0 Å². The second-order valence-corrected chi connectivity index (χ2v) is 4.76. The highest BCUT2D eigenvalue weighted by Gasteiger charge is 2.23. The molecule has 0 amide bonds. The average Bonchev–Trinajstić information content (AvgIpc) is 2.23. The fraction of sp³-hybridized carbons (Fsp3) is 0.714. The quantitative estimate of drug-likeness (QED) is 0.671. The molecule has 0 bridgehead atoms. The SMILES string of the molecule is C/C=C(/CC1NC(C)=C1C)C(C)CCC. The van der Waals surface area contributed by atoms with Crippen molar-refractivity contribution in [2.24, 2.45) is 5.92 Å². The number of hydrogen-bond donors (Lipinski definition) is 1. The molecule has 2 unspecified atom stereocenters. The maximum atomic E-state index is 3.49. The Kier molecular flexibility index (Phi) is 4.44. The van der Waals surface area contributed by atoms with Crippen molar-refractivity contribution < 1.29 is 0 Å². The Hall–Kier alpha value is -0.720. The van der Waals surface area contributed by atoms with Crippen LogP contribution in [0.1, 0.15) is 53.9 Å². The number of rotatable bonds is 5. The maximum absolute atomic E-state index is 3.49. The summed E-state index contributed by atoms with van der Waals surface area (Å²) in [7, 11) is 0. The number of nitrogens with one attached hydrogen (secondary N) is 1. The molecule has 1 heteroatoms. The molecule has 1 rings (SSSR count). The Morgan fingerprint density at radius 3 is 2.53 bits per heavy atom. The Morgan fingerprint density at radius 1 is 1.47 bits per heavy atom. The van der Waals surface area contributed by atoms with Crippen LogP contribution >= 0.6 is 0 Å². The zero-order valence-electron chi connectivity index (χ0n) is 10.9. The smallest absolute Gasteiger partial charge is 0.0524 e. The predicted octanol–water partition coefficient (Wildman–Crippen LogP) is 4.02. The molecule has 15 heavy (non-hydrogen) atoms. The molecule has 0 aliphatic carbocycles. The van der Waals surface area contributed by atoms with E-state index >= 15 is 0 Å². The molecule has 1 aliphatic rings. The normalized spacial score (nSPS) is 23.5. The molecule has 0 aromatic heterocycles. The zero-order chi connectivity index (χ0) is 11.4. The third-order valence-corrected chi connectivity index (χ3v) is 3.67. The minimum absolute atomic E-state index is 0.607. The monoisotopic (exact) mass is 207 g/mol. The fourth-order valence-electron chi connectivity index (χ4n) is 2.33. The summed E-state index contributed by atoms with van der Waals surface area (Å²) in [5.74, 6) is 0.746. The van der Waals surface area contributed by atoms with Gasteiger partial charge in [-0.05, 0) is 45.1 Å². The van der Waals surface area contributed by atoms with Gasteiger partial charge in [-0.15, -0.1) is 0 Å². The van der Waals surface area contributed by atoms with Crippen molar-refractivity contribution >= 4 is 0 Å². The van der Waals surface area contributed by atoms with Crippen molar-refractivity contribution in [1.82, 2.24) is 5.32 Å². The van der Waals surface area contributed by atoms with Gasteiger partial charge in [-0.1, -0.05) is 31.9 Å². The fourth-order valence-corrected chi connectivity index (χ4v) is 2.33. The third-order valence-electron chi connectivity index (χ3n) is 3.67. The lowest BCUT2D eigenvalue weighted by molar-refractivity contribution is 0.500. The van der Waals surface area contributed by atoms with Gasteiger partial charge >= 0.3 is 0 Å². The minimum atomic E-state index is 0.607. The molecular formula is C14H25N. The van der Waals surface area contributed by atoms with Crippen LogP contribution in [0.25, 0.3) is 0 Å². The lowest BCUT2D eigenvalue weighted by Gasteiger charge is -2.34. The predicted molar refractivity (Wildman–Crippen MR) is 67.7 cm³/mol. The van der Waals surface area contributed by atoms with Crippen LogP contribution in [0.15, 0.2) is 22.9 Å². The van der Waals surface area contributed by atoms with Gasteiger partial charge in [-0.3, -0.25) is 0 Å². The molecule has 0 spiro atoms. The Balaban J connectivity index is 2.50. The summed E-state index contributed by atoms with van der Waals surface area (Å²) in [6.07, 6.45) is 6.10. The van der Waals surface area contributed by atoms with Gasteiger partial charge < -0.3 is 5.32 Å². The van der Waals surface area contributed by atoms with E-state index in [1.54, 1.807) is 5.57 Å². The molecule has 0 radical (unpaired) electrons. The van der Waals surface area contributed by atoms with Crippen molar-refractivity contribution in [2.45, 2.75) is 59.9 Å². The van der Waals surface area contributed by atoms with Crippen molar-refractivity contribution in [3.63, 3.8) is 0 Å². The summed E-state index contributed by atoms with van der Waals surface area (Å²) in [4.78, 5) is 0. The third kappa shape index (κ3) is 2.87. The van der Waals surface area contributed by atoms with Crippen molar-refractivity contribution in [1.29, 1.82) is 0 Å². The van der Waals surface area contributed by atoms with E-state index in [4.69, 9.17) is 0 Å². The van der Waals surface area contributed by atoms with Crippen LogP contribution in [0.5, 0.6) is 0 Å². The van der Waals surface area contributed by atoms with E-state index < -0.39 is 0 Å². The first-order valence-electron chi connectivity index (χ1n) is 6.19. The average molecular weight is 207 g/mol. The molecule has 1 N–H and O–H groups in total. The molecule has 0 saturated carbocycles. The summed E-state index contributed by atoms with van der Waals surface area (Å²) >= 11 is 0. The molecule has 0 aromatic carbocycles. The van der Waals surface area contributed by atoms with Gasteiger partial charge in [-0.2, -0.15) is 0 Å². The maximum Gasteiger partial charge on any atom is 0.0524 e. The molecule has 1 heterocycles. The number of allylic oxidation sites excluding steroid dienone is 2. The van der Waals surface area contributed by atoms with Crippen LogP contribution in [-0.4, -0.2) is 6.04 Å². The van der Waals surface area contributed by atoms with E-state index in [9.17, 15) is 0 Å². The van der Waals surface area contributed by atoms with Crippen molar-refractivity contribution in [3.05, 3.63) is 22.9 Å². The standard InChI is InChI=1S/C14H25N/c1-6-8-10(3)13(7-2)9-14-11(4)12(5)15-14/h7,10,14-15H,6,8-9H2,1-5H3/b13-7-. The Morgan fingerprint density at radius 2 is 2.13 bits per heavy atom. The van der Waals surface area contributed by atoms with Gasteiger partial charge in [0.15, 0.2) is 0 Å². The van der Waals surface area contributed by atoms with Crippen molar-refractivity contribution in [3.8, 4) is 0 Å². The van der Waals surface area contributed by atoms with Crippen LogP contribution in [0, 0.1) is 5.92 Å². The van der Waals surface area contributed by atoms with Gasteiger partial charge in [0.25, 0.3) is 0 Å². The van der Waals surface area contributed by atoms with Crippen LogP contribution in [0.2, 0.25) is 0 Å². The molecule has 0 saturated heterocycles. The van der Waals surface area contributed by atoms with Crippen LogP contribution in [0.3, 0.4) is 0 Å². The van der Waals surface area contributed by atoms with Gasteiger partial charge in [0.2, 0.25) is 0 Å². The number of hydrogen-bond acceptors (Lipinski definition) is 1. The highest BCUT2D eigenvalue weighted by molar-refractivity contribution is 5.29. The molecule has 0 fully saturated rings. The van der Waals surface area contributed by atoms with Crippen LogP contribution < -0.4 is 5.32 Å². The van der Waals surface area contributed by atoms with Crippen molar-refractivity contribution in [2.75, 3.05) is 0 Å². The molecular weight excluding hydrogens is 182 g/mol. The van der Waals surface area contributed by atoms with E-state index in [2.05, 4.69) is 46.0 Å². The summed E-state index contributed by atoms with van der Waals surface area (Å²) in [5, 5.41) is 3.49. The molecule has 2 atom stereocenters. The second-order valence-electron chi connectivity index (χ2n) is 4.76. The molecule has 1 aliphatic heterocycles. The minimum Gasteiger partial charge on any atom is -0.382 e. The lowest BCUT2D eigenvalue weighted by atomic mass is 9.86. The molecule has 1 nitrogen and oxygen atoms in total. The summed E-state index contributed by atoms with van der Waals surface area (Å²) in [6.45, 7) is 11.2. The Bertz CT molecular complexity index is 273. The van der Waals surface area contributed by atoms with E-state index in [0.29, 0.717) is 6.04 Å². The van der Waals surface area contributed by atoms with Gasteiger partial charge in [0, 0.05) is 5.70 Å². The zero-order valence-corrected chi connectivity index (χ0v) is 10.9. The molecule has 86 valence electrons. The topological polar surface area (TPSA) is 12.0 Å². The van der Waals surface area contributed by atoms with Gasteiger partial charge in [-0.25, -0.2) is 0 Å². The highest BCUT2D eigenvalue weighted by atomic mass is 15.0. The summed E-state index contributed by atoms with van der Waals surface area (Å²) in [6, 6.07) is 0.607. The van der Waals surface area contributed by atoms with Crippen LogP contribution in [0.4, 0.5) is 0 Å². The summed E-state index contributed by atoms with van der Waals surface area (Å²) in [5.41, 5.74) is 4.53. The lowest BCUT2D eigenvalue weighted by Crippen LogP contribution is -2.40. The largest absolute Gasteiger partial charge is 0.382 e. The first-order chi connectivity index (χ1) is 7.10. The van der Waals surface area contributed by atoms with Crippen LogP contribution in [-0.2, 0) is 0 Å². The summed E-state index contributed by atoms with van der Waals surface area (Å²) < 4.78 is 0. The Labute approximate surface area is 94.6 Å². The van der Waals surface area contributed by atoms with E-state index in [1.807, 2.05) is 0 Å². The van der Waals surface area contributed by atoms with E-state index in [-0.39, 0.29) is 0 Å². The molecule has 0 aromatic rings. The van der Waals surface area contributed by atoms with E-state index in [0.717, 1.165) is 5.92 Å².